The maximum atomic E-state index is 12.0. The van der Waals surface area contributed by atoms with Gasteiger partial charge in [-0.2, -0.15) is 0 Å². The highest BCUT2D eigenvalue weighted by Crippen LogP contribution is 2.32. The number of hydrogen-bond donors (Lipinski definition) is 2. The third-order valence-electron chi connectivity index (χ3n) is 3.68. The van der Waals surface area contributed by atoms with Gasteiger partial charge in [-0.15, -0.1) is 0 Å². The van der Waals surface area contributed by atoms with Gasteiger partial charge >= 0.3 is 0 Å². The van der Waals surface area contributed by atoms with Gasteiger partial charge in [0.2, 0.25) is 5.91 Å². The van der Waals surface area contributed by atoms with Gasteiger partial charge in [0.25, 0.3) is 0 Å². The zero-order chi connectivity index (χ0) is 15.1. The lowest BCUT2D eigenvalue weighted by atomic mass is 10.1. The molecule has 1 amide bonds. The molecule has 1 aliphatic heterocycles. The van der Waals surface area contributed by atoms with E-state index in [2.05, 4.69) is 10.2 Å². The van der Waals surface area contributed by atoms with E-state index in [4.69, 9.17) is 10.5 Å². The smallest absolute Gasteiger partial charge is 0.222 e. The number of benzene rings is 1. The van der Waals surface area contributed by atoms with Gasteiger partial charge in [-0.3, -0.25) is 4.79 Å². The quantitative estimate of drug-likeness (QED) is 0.834. The monoisotopic (exact) mass is 291 g/mol. The minimum Gasteiger partial charge on any atom is -0.491 e. The molecule has 1 unspecified atom stereocenters. The third kappa shape index (κ3) is 4.11. The van der Waals surface area contributed by atoms with E-state index >= 15 is 0 Å². The SMILES string of the molecule is CCCNC(=O)CC(CN)N1CCCOc2ccccc21. The topological polar surface area (TPSA) is 67.6 Å². The van der Waals surface area contributed by atoms with Crippen molar-refractivity contribution in [2.45, 2.75) is 32.2 Å². The molecule has 0 radical (unpaired) electrons. The Morgan fingerprint density at radius 2 is 2.29 bits per heavy atom. The van der Waals surface area contributed by atoms with Crippen LogP contribution in [0.4, 0.5) is 5.69 Å². The van der Waals surface area contributed by atoms with Crippen LogP contribution in [-0.2, 0) is 4.79 Å². The summed E-state index contributed by atoms with van der Waals surface area (Å²) >= 11 is 0. The van der Waals surface area contributed by atoms with Crippen molar-refractivity contribution in [1.29, 1.82) is 0 Å². The Labute approximate surface area is 126 Å². The van der Waals surface area contributed by atoms with Gasteiger partial charge in [0, 0.05) is 26.1 Å². The molecule has 2 rings (SSSR count). The van der Waals surface area contributed by atoms with Gasteiger partial charge in [-0.05, 0) is 25.0 Å². The van der Waals surface area contributed by atoms with E-state index in [9.17, 15) is 4.79 Å². The van der Waals surface area contributed by atoms with E-state index in [0.29, 0.717) is 19.6 Å². The van der Waals surface area contributed by atoms with Crippen molar-refractivity contribution >= 4 is 11.6 Å². The molecule has 1 atom stereocenters. The summed E-state index contributed by atoms with van der Waals surface area (Å²) < 4.78 is 5.76. The third-order valence-corrected chi connectivity index (χ3v) is 3.68. The van der Waals surface area contributed by atoms with Crippen molar-refractivity contribution in [2.75, 3.05) is 31.1 Å². The number of para-hydroxylation sites is 2. The molecule has 3 N–H and O–H groups in total. The first-order valence-electron chi connectivity index (χ1n) is 7.71. The first kappa shape index (κ1) is 15.6. The van der Waals surface area contributed by atoms with E-state index in [-0.39, 0.29) is 11.9 Å². The second-order valence-electron chi connectivity index (χ2n) is 5.31. The Balaban J connectivity index is 2.11. The summed E-state index contributed by atoms with van der Waals surface area (Å²) in [5.41, 5.74) is 6.96. The van der Waals surface area contributed by atoms with E-state index in [1.807, 2.05) is 31.2 Å². The number of nitrogens with zero attached hydrogens (tertiary/aromatic N) is 1. The maximum Gasteiger partial charge on any atom is 0.222 e. The van der Waals surface area contributed by atoms with Gasteiger partial charge in [0.1, 0.15) is 5.75 Å². The van der Waals surface area contributed by atoms with Crippen LogP contribution < -0.4 is 20.7 Å². The standard InChI is InChI=1S/C16H25N3O2/c1-2-8-18-16(20)11-13(12-17)19-9-5-10-21-15-7-4-3-6-14(15)19/h3-4,6-7,13H,2,5,8-12,17H2,1H3,(H,18,20). The van der Waals surface area contributed by atoms with Crippen LogP contribution in [0.2, 0.25) is 0 Å². The lowest BCUT2D eigenvalue weighted by Gasteiger charge is -2.32. The number of rotatable bonds is 6. The highest BCUT2D eigenvalue weighted by atomic mass is 16.5. The van der Waals surface area contributed by atoms with Crippen LogP contribution >= 0.6 is 0 Å². The predicted molar refractivity (Wildman–Crippen MR) is 84.7 cm³/mol. The number of carbonyl (C=O) groups excluding carboxylic acids is 1. The fourth-order valence-corrected chi connectivity index (χ4v) is 2.60. The molecule has 0 aromatic heterocycles. The van der Waals surface area contributed by atoms with Crippen LogP contribution in [-0.4, -0.2) is 38.2 Å². The van der Waals surface area contributed by atoms with Crippen molar-refractivity contribution in [2.24, 2.45) is 5.73 Å². The summed E-state index contributed by atoms with van der Waals surface area (Å²) in [5, 5.41) is 2.92. The highest BCUT2D eigenvalue weighted by Gasteiger charge is 2.24. The fourth-order valence-electron chi connectivity index (χ4n) is 2.60. The Morgan fingerprint density at radius 3 is 3.05 bits per heavy atom. The van der Waals surface area contributed by atoms with E-state index in [1.165, 1.54) is 0 Å². The van der Waals surface area contributed by atoms with E-state index in [1.54, 1.807) is 0 Å². The Kier molecular flexibility index (Phi) is 5.87. The zero-order valence-electron chi connectivity index (χ0n) is 12.7. The molecule has 1 heterocycles. The van der Waals surface area contributed by atoms with Crippen molar-refractivity contribution in [1.82, 2.24) is 5.32 Å². The van der Waals surface area contributed by atoms with Gasteiger partial charge in [0.15, 0.2) is 0 Å². The van der Waals surface area contributed by atoms with Crippen LogP contribution in [0, 0.1) is 0 Å². The number of hydrogen-bond acceptors (Lipinski definition) is 4. The second-order valence-corrected chi connectivity index (χ2v) is 5.31. The minimum atomic E-state index is 0.00436. The first-order valence-corrected chi connectivity index (χ1v) is 7.71. The zero-order valence-corrected chi connectivity index (χ0v) is 12.7. The van der Waals surface area contributed by atoms with E-state index < -0.39 is 0 Å². The molecule has 0 fully saturated rings. The number of carbonyl (C=O) groups is 1. The number of fused-ring (bicyclic) bond motifs is 1. The number of ether oxygens (including phenoxy) is 1. The van der Waals surface area contributed by atoms with Gasteiger partial charge in [-0.1, -0.05) is 19.1 Å². The average molecular weight is 291 g/mol. The molecule has 1 aromatic carbocycles. The molecule has 0 saturated carbocycles. The van der Waals surface area contributed by atoms with Gasteiger partial charge in [-0.25, -0.2) is 0 Å². The summed E-state index contributed by atoms with van der Waals surface area (Å²) in [5.74, 6) is 0.942. The average Bonchev–Trinajstić information content (AvgIpc) is 2.73. The summed E-state index contributed by atoms with van der Waals surface area (Å²) in [7, 11) is 0. The summed E-state index contributed by atoms with van der Waals surface area (Å²) in [4.78, 5) is 14.2. The Morgan fingerprint density at radius 1 is 1.48 bits per heavy atom. The molecule has 21 heavy (non-hydrogen) atoms. The summed E-state index contributed by atoms with van der Waals surface area (Å²) in [6, 6.07) is 7.97. The molecule has 0 bridgehead atoms. The van der Waals surface area contributed by atoms with Crippen LogP contribution in [0.25, 0.3) is 0 Å². The van der Waals surface area contributed by atoms with Crippen LogP contribution in [0.5, 0.6) is 5.75 Å². The number of anilines is 1. The predicted octanol–water partition coefficient (Wildman–Crippen LogP) is 1.52. The molecule has 116 valence electrons. The molecular formula is C16H25N3O2. The lowest BCUT2D eigenvalue weighted by Crippen LogP contribution is -2.44. The van der Waals surface area contributed by atoms with E-state index in [0.717, 1.165) is 37.4 Å². The number of nitrogens with two attached hydrogens (primary N) is 1. The lowest BCUT2D eigenvalue weighted by molar-refractivity contribution is -0.121. The minimum absolute atomic E-state index is 0.00436. The van der Waals surface area contributed by atoms with Gasteiger partial charge < -0.3 is 20.7 Å². The number of nitrogens with one attached hydrogen (secondary N) is 1. The van der Waals surface area contributed by atoms with Crippen LogP contribution in [0.3, 0.4) is 0 Å². The maximum absolute atomic E-state index is 12.0. The Hall–Kier alpha value is -1.75. The molecule has 1 aromatic rings. The van der Waals surface area contributed by atoms with Crippen LogP contribution in [0.1, 0.15) is 26.2 Å². The molecule has 0 spiro atoms. The molecular weight excluding hydrogens is 266 g/mol. The largest absolute Gasteiger partial charge is 0.491 e. The van der Waals surface area contributed by atoms with Crippen molar-refractivity contribution in [3.63, 3.8) is 0 Å². The summed E-state index contributed by atoms with van der Waals surface area (Å²) in [6.45, 7) is 4.78. The normalized spacial score (nSPS) is 15.6. The molecule has 0 saturated heterocycles. The van der Waals surface area contributed by atoms with Crippen LogP contribution in [0.15, 0.2) is 24.3 Å². The Bertz CT molecular complexity index is 465. The van der Waals surface area contributed by atoms with Crippen molar-refractivity contribution < 1.29 is 9.53 Å². The second kappa shape index (κ2) is 7.88. The fraction of sp³-hybridized carbons (Fsp3) is 0.562. The number of amides is 1. The molecule has 1 aliphatic rings. The van der Waals surface area contributed by atoms with Crippen molar-refractivity contribution in [3.05, 3.63) is 24.3 Å². The van der Waals surface area contributed by atoms with Crippen molar-refractivity contribution in [3.8, 4) is 5.75 Å². The molecule has 0 aliphatic carbocycles. The highest BCUT2D eigenvalue weighted by molar-refractivity contribution is 5.77. The van der Waals surface area contributed by atoms with Gasteiger partial charge in [0.05, 0.1) is 18.3 Å². The summed E-state index contributed by atoms with van der Waals surface area (Å²) in [6.07, 6.45) is 2.30. The first-order chi connectivity index (χ1) is 10.3. The molecule has 5 nitrogen and oxygen atoms in total. The molecule has 5 heteroatoms.